The lowest BCUT2D eigenvalue weighted by atomic mass is 10.1. The summed E-state index contributed by atoms with van der Waals surface area (Å²) >= 11 is 1.90. The van der Waals surface area contributed by atoms with Gasteiger partial charge < -0.3 is 4.42 Å². The van der Waals surface area contributed by atoms with E-state index >= 15 is 0 Å². The molecule has 520 valence electrons. The second-order valence-electron chi connectivity index (χ2n) is 28.8. The van der Waals surface area contributed by atoms with Crippen LogP contribution in [0.5, 0.6) is 0 Å². The standard InChI is InChI=1S/C23H18N3.2C18H16N3.C17H13N2O.C17H13N2S/c1-24-21-19-13-7-8-14-20(19)26(17-10-3-2-4-11-17)23(21)25-15-16-9-5-6-12-18(16)22(24)25;2*1-19-15-10-6-5-9-14(15)16-18(19)21-11-12-7-3-4-8-13(12)17(21)20(16)2;2*1-18-15-13-8-4-5-9-14(13)20-17(15)19-10-11-6-2-3-7-12(11)16(18)19/h2-14H,15H2,1H3;2*3-10H,11H2,1-2H3;2*2-9H,10H2,1H3/q5*+1/i;1D3,2D3;2D3;;. The van der Waals surface area contributed by atoms with E-state index in [0.717, 1.165) is 81.1 Å². The van der Waals surface area contributed by atoms with Gasteiger partial charge in [0.05, 0.1) is 130 Å². The van der Waals surface area contributed by atoms with E-state index in [9.17, 15) is 0 Å². The van der Waals surface area contributed by atoms with Gasteiger partial charge in [0.2, 0.25) is 27.8 Å². The number of rotatable bonds is 1. The zero-order valence-corrected chi connectivity index (χ0v) is 60.5. The lowest BCUT2D eigenvalue weighted by molar-refractivity contribution is -0.652. The van der Waals surface area contributed by atoms with Gasteiger partial charge in [-0.15, -0.1) is 0 Å². The van der Waals surface area contributed by atoms with Crippen molar-refractivity contribution < 1.29 is 39.6 Å². The topological polar surface area (TPSA) is 72.0 Å². The van der Waals surface area contributed by atoms with Crippen LogP contribution in [-0.2, 0) is 81.8 Å². The zero-order chi connectivity index (χ0) is 79.6. The van der Waals surface area contributed by atoms with Crippen molar-refractivity contribution in [3.05, 3.63) is 301 Å². The molecule has 10 aromatic heterocycles. The summed E-state index contributed by atoms with van der Waals surface area (Å²) in [5.74, 6) is 5.17. The van der Waals surface area contributed by atoms with Crippen molar-refractivity contribution in [2.24, 2.45) is 49.1 Å². The van der Waals surface area contributed by atoms with Gasteiger partial charge in [0.1, 0.15) is 40.9 Å². The van der Waals surface area contributed by atoms with Gasteiger partial charge in [-0.25, -0.2) is 32.0 Å². The Bertz CT molecular complexity index is 7610. The summed E-state index contributed by atoms with van der Waals surface area (Å²) in [7, 11) is 8.51. The second kappa shape index (κ2) is 23.4. The van der Waals surface area contributed by atoms with Gasteiger partial charge in [0.15, 0.2) is 22.1 Å². The highest BCUT2D eigenvalue weighted by Gasteiger charge is 2.41. The van der Waals surface area contributed by atoms with E-state index in [1.807, 2.05) is 102 Å². The van der Waals surface area contributed by atoms with Crippen LogP contribution in [0.25, 0.3) is 171 Å². The number of benzene rings is 11. The van der Waals surface area contributed by atoms with Crippen molar-refractivity contribution in [1.82, 2.24) is 36.5 Å². The molecule has 15 heteroatoms. The first kappa shape index (κ1) is 53.6. The molecule has 0 N–H and O–H groups in total. The van der Waals surface area contributed by atoms with Gasteiger partial charge in [0.25, 0.3) is 28.6 Å². The Labute approximate surface area is 638 Å². The molecule has 26 rings (SSSR count). The second-order valence-corrected chi connectivity index (χ2v) is 29.9. The van der Waals surface area contributed by atoms with E-state index in [1.165, 1.54) is 124 Å². The lowest BCUT2D eigenvalue weighted by Gasteiger charge is -2.03. The Kier molecular flexibility index (Phi) is 11.6. The van der Waals surface area contributed by atoms with Crippen LogP contribution in [0.4, 0.5) is 0 Å². The van der Waals surface area contributed by atoms with E-state index in [2.05, 4.69) is 232 Å². The Morgan fingerprint density at radius 1 is 0.296 bits per heavy atom. The number of aryl methyl sites for hydroxylation is 7. The van der Waals surface area contributed by atoms with E-state index in [1.54, 1.807) is 24.3 Å². The molecule has 0 atom stereocenters. The molecule has 14 nitrogen and oxygen atoms in total. The van der Waals surface area contributed by atoms with Crippen molar-refractivity contribution in [3.8, 4) is 62.6 Å². The predicted molar refractivity (Wildman–Crippen MR) is 433 cm³/mol. The van der Waals surface area contributed by atoms with Crippen LogP contribution in [0.1, 0.15) is 40.2 Å². The molecule has 0 bridgehead atoms. The molecule has 5 aliphatic rings. The molecule has 108 heavy (non-hydrogen) atoms. The molecule has 0 radical (unpaired) electrons. The molecule has 0 unspecified atom stereocenters. The number of hydrogen-bond donors (Lipinski definition) is 0. The maximum Gasteiger partial charge on any atom is 0.339 e. The minimum absolute atomic E-state index is 0.415. The smallest absolute Gasteiger partial charge is 0.339 e. The van der Waals surface area contributed by atoms with Crippen LogP contribution in [0, 0.1) is 0 Å². The van der Waals surface area contributed by atoms with Crippen LogP contribution < -0.4 is 22.8 Å². The highest BCUT2D eigenvalue weighted by molar-refractivity contribution is 7.25. The summed E-state index contributed by atoms with van der Waals surface area (Å²) < 4.78 is 107. The fourth-order valence-electron chi connectivity index (χ4n) is 18.5. The summed E-state index contributed by atoms with van der Waals surface area (Å²) in [6.07, 6.45) is 0. The molecule has 15 heterocycles. The lowest BCUT2D eigenvalue weighted by Crippen LogP contribution is -2.33. The molecule has 0 saturated heterocycles. The molecule has 0 spiro atoms. The van der Waals surface area contributed by atoms with Crippen molar-refractivity contribution in [2.45, 2.75) is 32.7 Å². The highest BCUT2D eigenvalue weighted by atomic mass is 32.1. The van der Waals surface area contributed by atoms with Gasteiger partial charge in [0, 0.05) is 37.9 Å². The fraction of sp³-hybridized carbons (Fsp3) is 0.129. The minimum atomic E-state index is -2.44. The summed E-state index contributed by atoms with van der Waals surface area (Å²) in [5.41, 5.74) is 25.9. The Morgan fingerprint density at radius 2 is 0.657 bits per heavy atom. The van der Waals surface area contributed by atoms with Crippen LogP contribution in [0.15, 0.2) is 277 Å². The number of thiophene rings is 1. The first-order valence-corrected chi connectivity index (χ1v) is 37.4. The number of furan rings is 1. The number of fused-ring (bicyclic) bond motifs is 35. The van der Waals surface area contributed by atoms with E-state index in [0.29, 0.717) is 41.0 Å². The molecular formula is C93H76N13OS+5. The maximum atomic E-state index is 8.16. The number of hydrogen-bond acceptors (Lipinski definition) is 2. The summed E-state index contributed by atoms with van der Waals surface area (Å²) in [4.78, 5) is 1.39. The SMILES string of the molecule is Cn1c2[n+](c3c1c1ccccc1n3-c1ccccc1)Cc1ccccc1-2.Cn1c2[n+](c3oc4ccccc4c31)Cc1ccccc1-2.Cn1c2[n+](c3sc4ccccc4c31)Cc1ccccc1-2.[2H]C([2H])([2H])n1c2[n+](c3c1c1ccccc1n3C([2H])([2H])[2H])Cc1ccccc1-2.[2H]C([2H])([2H])n1c2[n+](c3c1c1ccccc1n3C)Cc1ccccc1-2. The fourth-order valence-corrected chi connectivity index (χ4v) is 19.8. The van der Waals surface area contributed by atoms with Crippen molar-refractivity contribution in [1.29, 1.82) is 0 Å². The Balaban J connectivity index is 0.0000000889. The van der Waals surface area contributed by atoms with E-state index in [4.69, 9.17) is 16.8 Å². The predicted octanol–water partition coefficient (Wildman–Crippen LogP) is 17.4. The van der Waals surface area contributed by atoms with Gasteiger partial charge in [-0.3, -0.25) is 22.8 Å². The van der Waals surface area contributed by atoms with Crippen molar-refractivity contribution >= 4 is 120 Å². The third-order valence-corrected chi connectivity index (χ3v) is 24.3. The largest absolute Gasteiger partial charge is 0.419 e. The van der Waals surface area contributed by atoms with Gasteiger partial charge in [-0.05, 0) is 103 Å². The molecule has 0 amide bonds. The molecule has 0 saturated carbocycles. The Morgan fingerprint density at radius 3 is 1.20 bits per heavy atom. The molecule has 0 fully saturated rings. The van der Waals surface area contributed by atoms with E-state index < -0.39 is 20.9 Å². The highest BCUT2D eigenvalue weighted by Crippen LogP contribution is 2.43. The average Bonchev–Trinajstić information content (AvgIpc) is 1.54. The van der Waals surface area contributed by atoms with Crippen LogP contribution in [0.2, 0.25) is 0 Å². The first-order chi connectivity index (χ1) is 56.7. The van der Waals surface area contributed by atoms with Crippen molar-refractivity contribution in [3.63, 3.8) is 0 Å². The summed E-state index contributed by atoms with van der Waals surface area (Å²) in [6.45, 7) is -3.16. The molecule has 0 aliphatic carbocycles. The Hall–Kier alpha value is -13.1. The summed E-state index contributed by atoms with van der Waals surface area (Å²) in [5, 5.41) is 5.46. The molecular weight excluding hydrogens is 1350 g/mol. The summed E-state index contributed by atoms with van der Waals surface area (Å²) in [6, 6.07) is 93.1. The third-order valence-electron chi connectivity index (χ3n) is 23.1. The van der Waals surface area contributed by atoms with Crippen LogP contribution in [0.3, 0.4) is 0 Å². The van der Waals surface area contributed by atoms with E-state index in [-0.39, 0.29) is 0 Å². The van der Waals surface area contributed by atoms with Gasteiger partial charge in [-0.1, -0.05) is 181 Å². The number of nitrogens with zero attached hydrogens (tertiary/aromatic N) is 13. The number of para-hydroxylation sites is 5. The number of imidazole rings is 5. The average molecular weight is 1430 g/mol. The third kappa shape index (κ3) is 8.66. The minimum Gasteiger partial charge on any atom is -0.419 e. The van der Waals surface area contributed by atoms with Gasteiger partial charge >= 0.3 is 5.71 Å². The number of aromatic nitrogens is 13. The van der Waals surface area contributed by atoms with Crippen molar-refractivity contribution in [2.75, 3.05) is 0 Å². The van der Waals surface area contributed by atoms with Gasteiger partial charge in [-0.2, -0.15) is 4.57 Å². The van der Waals surface area contributed by atoms with Crippen LogP contribution in [-0.4, -0.2) is 36.5 Å². The molecule has 5 aliphatic heterocycles. The maximum absolute atomic E-state index is 8.16. The normalized spacial score (nSPS) is 14.5. The molecule has 21 aromatic rings. The molecule has 11 aromatic carbocycles. The van der Waals surface area contributed by atoms with Crippen LogP contribution >= 0.6 is 11.3 Å². The monoisotopic (exact) mass is 1430 g/mol. The quantitative estimate of drug-likeness (QED) is 0.151. The first-order valence-electron chi connectivity index (χ1n) is 41.1. The zero-order valence-electron chi connectivity index (χ0n) is 68.6.